The van der Waals surface area contributed by atoms with Crippen LogP contribution in [0, 0.1) is 0 Å². The second-order valence-corrected chi connectivity index (χ2v) is 2.47. The molecule has 0 aliphatic heterocycles. The van der Waals surface area contributed by atoms with Crippen molar-refractivity contribution in [2.45, 2.75) is 40.2 Å². The van der Waals surface area contributed by atoms with Crippen LogP contribution in [0.2, 0.25) is 0 Å². The first kappa shape index (κ1) is 16.4. The van der Waals surface area contributed by atoms with E-state index in [1.165, 1.54) is 0 Å². The highest BCUT2D eigenvalue weighted by molar-refractivity contribution is 5.98. The normalized spacial score (nSPS) is 8.56. The van der Waals surface area contributed by atoms with Gasteiger partial charge in [0.15, 0.2) is 0 Å². The summed E-state index contributed by atoms with van der Waals surface area (Å²) in [5, 5.41) is 0. The molecule has 0 aliphatic carbocycles. The predicted octanol–water partition coefficient (Wildman–Crippen LogP) is 2.33. The summed E-state index contributed by atoms with van der Waals surface area (Å²) in [7, 11) is 0. The van der Waals surface area contributed by atoms with Crippen LogP contribution in [-0.4, -0.2) is 22.2 Å². The molecule has 0 spiro atoms. The highest BCUT2D eigenvalue weighted by atomic mass is 35.5. The molecule has 0 saturated carbocycles. The first-order valence-electron chi connectivity index (χ1n) is 2.94. The van der Waals surface area contributed by atoms with Crippen LogP contribution in [-0.2, 0) is 3.79 Å². The molecule has 0 aliphatic rings. The summed E-state index contributed by atoms with van der Waals surface area (Å²) in [5.41, 5.74) is 0.00463. The lowest BCUT2D eigenvalue weighted by Gasteiger charge is -2.17. The van der Waals surface area contributed by atoms with Crippen molar-refractivity contribution in [3.63, 3.8) is 0 Å². The predicted molar refractivity (Wildman–Crippen MR) is 45.2 cm³/mol. The molecule has 0 fully saturated rings. The molecular weight excluding hydrogens is 150 g/mol. The van der Waals surface area contributed by atoms with Gasteiger partial charge >= 0.3 is 16.6 Å². The van der Waals surface area contributed by atoms with Crippen molar-refractivity contribution in [1.82, 2.24) is 0 Å². The van der Waals surface area contributed by atoms with E-state index in [0.717, 1.165) is 0 Å². The lowest BCUT2D eigenvalue weighted by atomic mass is 10.2. The van der Waals surface area contributed by atoms with E-state index >= 15 is 0 Å². The average Bonchev–Trinajstić information content (AvgIpc) is 1.71. The molecule has 9 heavy (non-hydrogen) atoms. The van der Waals surface area contributed by atoms with Crippen LogP contribution in [0.3, 0.4) is 0 Å². The maximum Gasteiger partial charge on any atom is 0.369 e. The lowest BCUT2D eigenvalue weighted by Crippen LogP contribution is -2.16. The van der Waals surface area contributed by atoms with E-state index in [9.17, 15) is 0 Å². The van der Waals surface area contributed by atoms with Crippen molar-refractivity contribution in [3.8, 4) is 0 Å². The lowest BCUT2D eigenvalue weighted by molar-refractivity contribution is 0.147. The van der Waals surface area contributed by atoms with Gasteiger partial charge in [0, 0.05) is 5.60 Å². The van der Waals surface area contributed by atoms with Gasteiger partial charge in [-0.1, -0.05) is 13.8 Å². The van der Waals surface area contributed by atoms with E-state index in [4.69, 9.17) is 3.79 Å². The zero-order valence-electron chi connectivity index (χ0n) is 6.89. The Morgan fingerprint density at radius 3 is 1.22 bits per heavy atom. The fourth-order valence-corrected chi connectivity index (χ4v) is 0. The van der Waals surface area contributed by atoms with E-state index in [0.29, 0.717) is 0 Å². The highest BCUT2D eigenvalue weighted by Gasteiger charge is 2.01. The van der Waals surface area contributed by atoms with Crippen molar-refractivity contribution < 1.29 is 3.79 Å². The number of hydrogen-bond donors (Lipinski definition) is 0. The molecule has 0 atom stereocenters. The fourth-order valence-electron chi connectivity index (χ4n) is 0. The molecule has 0 unspecified atom stereocenters. The maximum absolute atomic E-state index is 4.85. The van der Waals surface area contributed by atoms with Gasteiger partial charge in [-0.05, 0) is 20.8 Å². The second-order valence-electron chi connectivity index (χ2n) is 2.23. The first-order valence-corrected chi connectivity index (χ1v) is 3.41. The summed E-state index contributed by atoms with van der Waals surface area (Å²) in [5.74, 6) is 0. The summed E-state index contributed by atoms with van der Waals surface area (Å²) in [4.78, 5) is 0. The average molecular weight is 167 g/mol. The van der Waals surface area contributed by atoms with Crippen molar-refractivity contribution in [2.75, 3.05) is 0 Å². The molecule has 56 valence electrons. The van der Waals surface area contributed by atoms with Gasteiger partial charge in [-0.3, -0.25) is 0 Å². The molecule has 0 bridgehead atoms. The summed E-state index contributed by atoms with van der Waals surface area (Å²) >= 11 is 2.22. The third kappa shape index (κ3) is 28.2. The SMILES string of the molecule is CC.CC(C)(C)[O][Al].Cl. The first-order chi connectivity index (χ1) is 3.56. The molecule has 0 saturated heterocycles. The molecule has 0 aromatic carbocycles. The van der Waals surface area contributed by atoms with E-state index in [1.54, 1.807) is 0 Å². The third-order valence-corrected chi connectivity index (χ3v) is 1.06. The molecule has 0 heterocycles. The molecule has 0 N–H and O–H groups in total. The molecule has 0 aromatic heterocycles. The smallest absolute Gasteiger partial charge is 0.369 e. The topological polar surface area (TPSA) is 9.23 Å². The molecule has 3 heteroatoms. The number of halogens is 1. The van der Waals surface area contributed by atoms with E-state index in [1.807, 2.05) is 34.6 Å². The van der Waals surface area contributed by atoms with E-state index in [2.05, 4.69) is 16.6 Å². The van der Waals surface area contributed by atoms with Crippen LogP contribution in [0.25, 0.3) is 0 Å². The Morgan fingerprint density at radius 2 is 1.22 bits per heavy atom. The molecule has 0 rings (SSSR count). The molecule has 0 aromatic rings. The summed E-state index contributed by atoms with van der Waals surface area (Å²) in [6, 6.07) is 0. The maximum atomic E-state index is 4.85. The Hall–Kier alpha value is 0.782. The van der Waals surface area contributed by atoms with E-state index in [-0.39, 0.29) is 18.0 Å². The third-order valence-electron chi connectivity index (χ3n) is 0.354. The minimum absolute atomic E-state index is 0. The number of hydrogen-bond acceptors (Lipinski definition) is 1. The van der Waals surface area contributed by atoms with Crippen molar-refractivity contribution >= 4 is 29.0 Å². The minimum atomic E-state index is 0. The molecule has 1 nitrogen and oxygen atoms in total. The molecule has 2 radical (unpaired) electrons. The fraction of sp³-hybridized carbons (Fsp3) is 1.00. The summed E-state index contributed by atoms with van der Waals surface area (Å²) < 4.78 is 4.85. The van der Waals surface area contributed by atoms with Crippen LogP contribution in [0.4, 0.5) is 0 Å². The van der Waals surface area contributed by atoms with Gasteiger partial charge in [-0.15, -0.1) is 12.4 Å². The van der Waals surface area contributed by atoms with Gasteiger partial charge < -0.3 is 3.79 Å². The largest absolute Gasteiger partial charge is 0.512 e. The van der Waals surface area contributed by atoms with Crippen molar-refractivity contribution in [2.24, 2.45) is 0 Å². The van der Waals surface area contributed by atoms with Crippen LogP contribution < -0.4 is 0 Å². The molecule has 0 amide bonds. The Morgan fingerprint density at radius 1 is 1.11 bits per heavy atom. The highest BCUT2D eigenvalue weighted by Crippen LogP contribution is 2.01. The summed E-state index contributed by atoms with van der Waals surface area (Å²) in [6.45, 7) is 10.0. The van der Waals surface area contributed by atoms with Crippen LogP contribution in [0.1, 0.15) is 34.6 Å². The van der Waals surface area contributed by atoms with Crippen LogP contribution in [0.5, 0.6) is 0 Å². The Labute approximate surface area is 73.3 Å². The summed E-state index contributed by atoms with van der Waals surface area (Å²) in [6.07, 6.45) is 0. The van der Waals surface area contributed by atoms with Crippen molar-refractivity contribution in [1.29, 1.82) is 0 Å². The van der Waals surface area contributed by atoms with Gasteiger partial charge in [0.25, 0.3) is 0 Å². The van der Waals surface area contributed by atoms with Gasteiger partial charge in [-0.2, -0.15) is 0 Å². The van der Waals surface area contributed by atoms with Gasteiger partial charge in [0.1, 0.15) is 0 Å². The second kappa shape index (κ2) is 8.78. The van der Waals surface area contributed by atoms with Crippen LogP contribution >= 0.6 is 12.4 Å². The standard InChI is InChI=1S/C4H9O.C2H6.Al.ClH/c1-4(2,3)5;1-2;;/h1-3H3;1-2H3;;1H/q-1;;+1;. The van der Waals surface area contributed by atoms with Gasteiger partial charge in [0.05, 0.1) is 0 Å². The minimum Gasteiger partial charge on any atom is -0.512 e. The zero-order valence-corrected chi connectivity index (χ0v) is 8.87. The Bertz CT molecular complexity index is 42.8. The van der Waals surface area contributed by atoms with Crippen molar-refractivity contribution in [3.05, 3.63) is 0 Å². The monoisotopic (exact) mass is 166 g/mol. The van der Waals surface area contributed by atoms with Gasteiger partial charge in [-0.25, -0.2) is 0 Å². The zero-order chi connectivity index (χ0) is 7.21. The number of rotatable bonds is 0. The quantitative estimate of drug-likeness (QED) is 0.502. The Kier molecular flexibility index (Phi) is 16.0. The van der Waals surface area contributed by atoms with Gasteiger partial charge in [0.2, 0.25) is 0 Å². The molecular formula is C6H16AlClO. The van der Waals surface area contributed by atoms with Crippen LogP contribution in [0.15, 0.2) is 0 Å². The Balaban J connectivity index is -0.000000109. The van der Waals surface area contributed by atoms with E-state index < -0.39 is 0 Å².